The summed E-state index contributed by atoms with van der Waals surface area (Å²) >= 11 is 6.08. The van der Waals surface area contributed by atoms with E-state index in [1.54, 1.807) is 26.1 Å². The minimum absolute atomic E-state index is 0.189. The molecule has 9 heteroatoms. The van der Waals surface area contributed by atoms with Crippen molar-refractivity contribution in [3.05, 3.63) is 64.7 Å². The van der Waals surface area contributed by atoms with Crippen LogP contribution in [0.25, 0.3) is 0 Å². The molecule has 8 nitrogen and oxygen atoms in total. The Labute approximate surface area is 205 Å². The standard InChI is InChI=1S/C25H32ClN3O5/c1-4-16(2)22(25(32)33)29-24(31)20(14-17-8-6-5-7-9-17)28-23(30)19-11-10-18(26)15-21(19)34-13-12-27-3/h5-11,15-16,20,22,27H,4,12-14H2,1-3H3,(H,28,30)(H,29,31)(H,32,33)/t16-,20-,22-/m0/s1. The molecule has 0 radical (unpaired) electrons. The third-order valence-electron chi connectivity index (χ3n) is 5.48. The summed E-state index contributed by atoms with van der Waals surface area (Å²) in [5.74, 6) is -2.20. The summed E-state index contributed by atoms with van der Waals surface area (Å²) < 4.78 is 5.70. The van der Waals surface area contributed by atoms with Gasteiger partial charge in [0.2, 0.25) is 5.91 Å². The molecule has 3 atom stereocenters. The number of benzene rings is 2. The van der Waals surface area contributed by atoms with Crippen LogP contribution in [0.1, 0.15) is 36.2 Å². The highest BCUT2D eigenvalue weighted by Gasteiger charge is 2.30. The number of ether oxygens (including phenoxy) is 1. The van der Waals surface area contributed by atoms with Crippen LogP contribution in [0.5, 0.6) is 5.75 Å². The molecule has 34 heavy (non-hydrogen) atoms. The van der Waals surface area contributed by atoms with Crippen molar-refractivity contribution in [2.24, 2.45) is 5.92 Å². The summed E-state index contributed by atoms with van der Waals surface area (Å²) in [7, 11) is 1.78. The van der Waals surface area contributed by atoms with Gasteiger partial charge in [0.25, 0.3) is 5.91 Å². The quantitative estimate of drug-likeness (QED) is 0.321. The van der Waals surface area contributed by atoms with Crippen LogP contribution < -0.4 is 20.7 Å². The fourth-order valence-electron chi connectivity index (χ4n) is 3.30. The molecule has 2 aromatic carbocycles. The molecule has 0 unspecified atom stereocenters. The van der Waals surface area contributed by atoms with Gasteiger partial charge in [-0.3, -0.25) is 9.59 Å². The number of aliphatic carboxylic acids is 1. The molecule has 4 N–H and O–H groups in total. The molecule has 0 saturated heterocycles. The molecule has 0 saturated carbocycles. The second-order valence-corrected chi connectivity index (χ2v) is 8.45. The van der Waals surface area contributed by atoms with Crippen molar-refractivity contribution >= 4 is 29.4 Å². The zero-order chi connectivity index (χ0) is 25.1. The summed E-state index contributed by atoms with van der Waals surface area (Å²) in [6.07, 6.45) is 0.764. The van der Waals surface area contributed by atoms with Gasteiger partial charge in [-0.2, -0.15) is 0 Å². The second kappa shape index (κ2) is 13.6. The number of rotatable bonds is 13. The van der Waals surface area contributed by atoms with Gasteiger partial charge < -0.3 is 25.8 Å². The van der Waals surface area contributed by atoms with Crippen LogP contribution in [0.15, 0.2) is 48.5 Å². The lowest BCUT2D eigenvalue weighted by Crippen LogP contribution is -2.54. The number of likely N-dealkylation sites (N-methyl/N-ethyl adjacent to an activating group) is 1. The molecule has 184 valence electrons. The number of carbonyl (C=O) groups is 3. The van der Waals surface area contributed by atoms with Gasteiger partial charge in [-0.15, -0.1) is 0 Å². The molecule has 2 aromatic rings. The van der Waals surface area contributed by atoms with Crippen LogP contribution >= 0.6 is 11.6 Å². The van der Waals surface area contributed by atoms with Crippen LogP contribution in [0.3, 0.4) is 0 Å². The van der Waals surface area contributed by atoms with Gasteiger partial charge in [0.05, 0.1) is 5.56 Å². The first kappa shape index (κ1) is 27.1. The Morgan fingerprint density at radius 3 is 2.41 bits per heavy atom. The van der Waals surface area contributed by atoms with E-state index >= 15 is 0 Å². The van der Waals surface area contributed by atoms with E-state index in [2.05, 4.69) is 16.0 Å². The number of hydrogen-bond donors (Lipinski definition) is 4. The summed E-state index contributed by atoms with van der Waals surface area (Å²) in [6.45, 7) is 4.50. The van der Waals surface area contributed by atoms with Crippen LogP contribution in [0, 0.1) is 5.92 Å². The molecule has 0 aromatic heterocycles. The molecule has 0 fully saturated rings. The fraction of sp³-hybridized carbons (Fsp3) is 0.400. The Morgan fingerprint density at radius 1 is 1.09 bits per heavy atom. The van der Waals surface area contributed by atoms with Crippen molar-refractivity contribution in [3.63, 3.8) is 0 Å². The lowest BCUT2D eigenvalue weighted by Gasteiger charge is -2.25. The van der Waals surface area contributed by atoms with Gasteiger partial charge in [0.15, 0.2) is 0 Å². The maximum absolute atomic E-state index is 13.2. The first-order valence-electron chi connectivity index (χ1n) is 11.2. The van der Waals surface area contributed by atoms with Gasteiger partial charge in [-0.25, -0.2) is 4.79 Å². The lowest BCUT2D eigenvalue weighted by atomic mass is 9.98. The van der Waals surface area contributed by atoms with Crippen LogP contribution in [-0.4, -0.2) is 55.2 Å². The normalized spacial score (nSPS) is 13.4. The van der Waals surface area contributed by atoms with Crippen molar-refractivity contribution in [1.29, 1.82) is 0 Å². The van der Waals surface area contributed by atoms with E-state index in [0.717, 1.165) is 5.56 Å². The number of hydrogen-bond acceptors (Lipinski definition) is 5. The Balaban J connectivity index is 2.28. The van der Waals surface area contributed by atoms with E-state index in [9.17, 15) is 19.5 Å². The van der Waals surface area contributed by atoms with Gasteiger partial charge in [0.1, 0.15) is 24.4 Å². The zero-order valence-corrected chi connectivity index (χ0v) is 20.4. The van der Waals surface area contributed by atoms with Crippen LogP contribution in [0.2, 0.25) is 5.02 Å². The van der Waals surface area contributed by atoms with E-state index in [4.69, 9.17) is 16.3 Å². The number of carbonyl (C=O) groups excluding carboxylic acids is 2. The van der Waals surface area contributed by atoms with E-state index in [1.165, 1.54) is 6.07 Å². The first-order chi connectivity index (χ1) is 16.3. The SMILES string of the molecule is CC[C@H](C)[C@H](NC(=O)[C@H](Cc1ccccc1)NC(=O)c1ccc(Cl)cc1OCCNC)C(=O)O. The minimum atomic E-state index is -1.12. The van der Waals surface area contributed by atoms with Crippen molar-refractivity contribution < 1.29 is 24.2 Å². The molecule has 0 bridgehead atoms. The lowest BCUT2D eigenvalue weighted by molar-refractivity contribution is -0.143. The van der Waals surface area contributed by atoms with Gasteiger partial charge >= 0.3 is 5.97 Å². The van der Waals surface area contributed by atoms with Gasteiger partial charge in [-0.1, -0.05) is 62.2 Å². The largest absolute Gasteiger partial charge is 0.491 e. The molecule has 2 amide bonds. The summed E-state index contributed by atoms with van der Waals surface area (Å²) in [5, 5.41) is 18.3. The Morgan fingerprint density at radius 2 is 1.79 bits per heavy atom. The Hall–Kier alpha value is -3.10. The minimum Gasteiger partial charge on any atom is -0.491 e. The first-order valence-corrected chi connectivity index (χ1v) is 11.6. The molecule has 0 heterocycles. The van der Waals surface area contributed by atoms with Crippen LogP contribution in [-0.2, 0) is 16.0 Å². The molecular weight excluding hydrogens is 458 g/mol. The van der Waals surface area contributed by atoms with Gasteiger partial charge in [-0.05, 0) is 36.7 Å². The predicted molar refractivity (Wildman–Crippen MR) is 131 cm³/mol. The number of carboxylic acids is 1. The summed E-state index contributed by atoms with van der Waals surface area (Å²) in [5.41, 5.74) is 1.04. The van der Waals surface area contributed by atoms with E-state index in [1.807, 2.05) is 37.3 Å². The van der Waals surface area contributed by atoms with Crippen molar-refractivity contribution in [3.8, 4) is 5.75 Å². The highest BCUT2D eigenvalue weighted by atomic mass is 35.5. The third-order valence-corrected chi connectivity index (χ3v) is 5.71. The molecular formula is C25H32ClN3O5. The molecule has 0 aliphatic rings. The van der Waals surface area contributed by atoms with E-state index < -0.39 is 29.9 Å². The molecule has 0 aliphatic carbocycles. The monoisotopic (exact) mass is 489 g/mol. The van der Waals surface area contributed by atoms with Crippen molar-refractivity contribution in [1.82, 2.24) is 16.0 Å². The number of amides is 2. The second-order valence-electron chi connectivity index (χ2n) is 8.02. The average molecular weight is 490 g/mol. The highest BCUT2D eigenvalue weighted by Crippen LogP contribution is 2.24. The Bertz CT molecular complexity index is 970. The maximum Gasteiger partial charge on any atom is 0.326 e. The summed E-state index contributed by atoms with van der Waals surface area (Å²) in [6, 6.07) is 11.8. The molecule has 0 aliphatic heterocycles. The fourth-order valence-corrected chi connectivity index (χ4v) is 3.46. The zero-order valence-electron chi connectivity index (χ0n) is 19.6. The van der Waals surface area contributed by atoms with Crippen molar-refractivity contribution in [2.75, 3.05) is 20.2 Å². The highest BCUT2D eigenvalue weighted by molar-refractivity contribution is 6.30. The number of carboxylic acid groups (broad SMARTS) is 1. The van der Waals surface area contributed by atoms with E-state index in [0.29, 0.717) is 30.3 Å². The predicted octanol–water partition coefficient (Wildman–Crippen LogP) is 2.89. The maximum atomic E-state index is 13.2. The van der Waals surface area contributed by atoms with Crippen molar-refractivity contribution in [2.45, 2.75) is 38.8 Å². The third kappa shape index (κ3) is 8.04. The molecule has 0 spiro atoms. The topological polar surface area (TPSA) is 117 Å². The van der Waals surface area contributed by atoms with Crippen LogP contribution in [0.4, 0.5) is 0 Å². The van der Waals surface area contributed by atoms with Gasteiger partial charge in [0, 0.05) is 18.0 Å². The average Bonchev–Trinajstić information content (AvgIpc) is 2.82. The Kier molecular flexibility index (Phi) is 10.8. The number of halogens is 1. The smallest absolute Gasteiger partial charge is 0.326 e. The summed E-state index contributed by atoms with van der Waals surface area (Å²) in [4.78, 5) is 38.1. The molecule has 2 rings (SSSR count). The number of nitrogens with one attached hydrogen (secondary N) is 3. The van der Waals surface area contributed by atoms with E-state index in [-0.39, 0.29) is 17.9 Å².